The van der Waals surface area contributed by atoms with E-state index in [1.165, 1.54) is 6.07 Å². The van der Waals surface area contributed by atoms with E-state index in [4.69, 9.17) is 17.0 Å². The number of halogens is 3. The van der Waals surface area contributed by atoms with Gasteiger partial charge in [0.05, 0.1) is 11.3 Å². The van der Waals surface area contributed by atoms with Crippen molar-refractivity contribution >= 4 is 34.9 Å². The van der Waals surface area contributed by atoms with Gasteiger partial charge in [0.25, 0.3) is 5.17 Å². The normalized spacial score (nSPS) is 11.2. The predicted molar refractivity (Wildman–Crippen MR) is 109 cm³/mol. The van der Waals surface area contributed by atoms with Crippen molar-refractivity contribution in [2.24, 2.45) is 0 Å². The van der Waals surface area contributed by atoms with Crippen molar-refractivity contribution in [3.8, 4) is 5.75 Å². The van der Waals surface area contributed by atoms with Gasteiger partial charge in [0.1, 0.15) is 5.75 Å². The third kappa shape index (κ3) is 5.72. The lowest BCUT2D eigenvalue weighted by Crippen LogP contribution is -2.25. The van der Waals surface area contributed by atoms with E-state index in [0.717, 1.165) is 35.0 Å². The molecule has 0 radical (unpaired) electrons. The quantitative estimate of drug-likeness (QED) is 0.356. The van der Waals surface area contributed by atoms with Crippen molar-refractivity contribution in [1.82, 2.24) is 4.90 Å². The lowest BCUT2D eigenvalue weighted by molar-refractivity contribution is -0.137. The van der Waals surface area contributed by atoms with Gasteiger partial charge in [-0.3, -0.25) is 4.79 Å². The van der Waals surface area contributed by atoms with Gasteiger partial charge in [-0.05, 0) is 67.5 Å². The second kappa shape index (κ2) is 8.96. The zero-order chi connectivity index (χ0) is 21.1. The van der Waals surface area contributed by atoms with Crippen LogP contribution in [0.3, 0.4) is 0 Å². The zero-order valence-corrected chi connectivity index (χ0v) is 17.5. The number of hydrogen-bond donors (Lipinski definition) is 0. The zero-order valence-electron chi connectivity index (χ0n) is 15.9. The highest BCUT2D eigenvalue weighted by atomic mass is 32.2. The topological polar surface area (TPSA) is 29.5 Å². The SMILES string of the molecule is Cc1cc(C(=O)CSc2cccc(C(F)(F)F)c2)cc(C)c1OC(=S)N(C)C. The minimum atomic E-state index is -4.40. The molecule has 28 heavy (non-hydrogen) atoms. The lowest BCUT2D eigenvalue weighted by atomic mass is 10.0. The Kier molecular flexibility index (Phi) is 7.11. The number of alkyl halides is 3. The second-order valence-electron chi connectivity index (χ2n) is 6.44. The molecule has 0 atom stereocenters. The van der Waals surface area contributed by atoms with E-state index in [0.29, 0.717) is 21.4 Å². The van der Waals surface area contributed by atoms with Crippen LogP contribution in [0.5, 0.6) is 5.75 Å². The number of carbonyl (C=O) groups is 1. The van der Waals surface area contributed by atoms with Crippen LogP contribution in [0.1, 0.15) is 27.0 Å². The van der Waals surface area contributed by atoms with E-state index < -0.39 is 11.7 Å². The van der Waals surface area contributed by atoms with Crippen molar-refractivity contribution in [2.75, 3.05) is 19.8 Å². The molecule has 0 amide bonds. The Morgan fingerprint density at radius 1 is 1.14 bits per heavy atom. The fraction of sp³-hybridized carbons (Fsp3) is 0.300. The maximum absolute atomic E-state index is 12.8. The molecule has 0 unspecified atom stereocenters. The highest BCUT2D eigenvalue weighted by Gasteiger charge is 2.30. The lowest BCUT2D eigenvalue weighted by Gasteiger charge is -2.18. The maximum Gasteiger partial charge on any atom is 0.416 e. The Morgan fingerprint density at radius 2 is 1.75 bits per heavy atom. The first-order valence-corrected chi connectivity index (χ1v) is 9.72. The largest absolute Gasteiger partial charge is 0.431 e. The molecule has 0 saturated carbocycles. The van der Waals surface area contributed by atoms with Gasteiger partial charge >= 0.3 is 6.18 Å². The number of aryl methyl sites for hydroxylation is 2. The van der Waals surface area contributed by atoms with Crippen LogP contribution in [0.15, 0.2) is 41.3 Å². The highest BCUT2D eigenvalue weighted by molar-refractivity contribution is 8.00. The minimum absolute atomic E-state index is 0.0382. The number of rotatable bonds is 5. The number of carbonyl (C=O) groups excluding carboxylic acids is 1. The third-order valence-corrected chi connectivity index (χ3v) is 5.31. The molecular formula is C20H20F3NO2S2. The number of thioether (sulfide) groups is 1. The van der Waals surface area contributed by atoms with Gasteiger partial charge in [-0.25, -0.2) is 0 Å². The fourth-order valence-corrected chi connectivity index (χ4v) is 3.38. The van der Waals surface area contributed by atoms with E-state index >= 15 is 0 Å². The molecule has 0 bridgehead atoms. The summed E-state index contributed by atoms with van der Waals surface area (Å²) in [4.78, 5) is 14.6. The number of thiocarbonyl (C=S) groups is 1. The number of Topliss-reactive ketones (excluding diaryl/α,β-unsaturated/α-hetero) is 1. The van der Waals surface area contributed by atoms with Crippen LogP contribution in [0.4, 0.5) is 13.2 Å². The number of benzene rings is 2. The van der Waals surface area contributed by atoms with Crippen LogP contribution in [-0.2, 0) is 6.18 Å². The van der Waals surface area contributed by atoms with E-state index in [1.807, 2.05) is 13.8 Å². The molecule has 0 fully saturated rings. The summed E-state index contributed by atoms with van der Waals surface area (Å²) in [7, 11) is 3.55. The number of ketones is 1. The molecule has 3 nitrogen and oxygen atoms in total. The minimum Gasteiger partial charge on any atom is -0.431 e. The van der Waals surface area contributed by atoms with Crippen LogP contribution in [-0.4, -0.2) is 35.7 Å². The van der Waals surface area contributed by atoms with Crippen molar-refractivity contribution in [2.45, 2.75) is 24.9 Å². The van der Waals surface area contributed by atoms with Gasteiger partial charge in [0, 0.05) is 24.6 Å². The molecule has 0 saturated heterocycles. The molecule has 2 rings (SSSR count). The molecule has 0 spiro atoms. The fourth-order valence-electron chi connectivity index (χ4n) is 2.45. The van der Waals surface area contributed by atoms with E-state index in [-0.39, 0.29) is 11.5 Å². The first-order valence-electron chi connectivity index (χ1n) is 8.32. The molecule has 0 N–H and O–H groups in total. The Bertz CT molecular complexity index is 872. The Balaban J connectivity index is 2.12. The van der Waals surface area contributed by atoms with Crippen LogP contribution in [0.25, 0.3) is 0 Å². The van der Waals surface area contributed by atoms with Gasteiger partial charge in [-0.15, -0.1) is 11.8 Å². The maximum atomic E-state index is 12.8. The van der Waals surface area contributed by atoms with Crippen LogP contribution < -0.4 is 4.74 Å². The summed E-state index contributed by atoms with van der Waals surface area (Å²) in [6, 6.07) is 8.36. The van der Waals surface area contributed by atoms with Gasteiger partial charge in [-0.2, -0.15) is 13.2 Å². The summed E-state index contributed by atoms with van der Waals surface area (Å²) in [5.74, 6) is 0.465. The van der Waals surface area contributed by atoms with Gasteiger partial charge in [0.15, 0.2) is 5.78 Å². The predicted octanol–water partition coefficient (Wildman–Crippen LogP) is 5.52. The molecule has 0 aliphatic heterocycles. The molecule has 150 valence electrons. The smallest absolute Gasteiger partial charge is 0.416 e. The molecule has 0 aliphatic rings. The average Bonchev–Trinajstić information content (AvgIpc) is 2.61. The summed E-state index contributed by atoms with van der Waals surface area (Å²) < 4.78 is 44.1. The summed E-state index contributed by atoms with van der Waals surface area (Å²) in [6.45, 7) is 3.63. The number of ether oxygens (including phenoxy) is 1. The van der Waals surface area contributed by atoms with Crippen LogP contribution >= 0.6 is 24.0 Å². The van der Waals surface area contributed by atoms with Crippen LogP contribution in [0.2, 0.25) is 0 Å². The molecule has 2 aromatic rings. The summed E-state index contributed by atoms with van der Waals surface area (Å²) in [5, 5.41) is 0.311. The first kappa shape index (κ1) is 22.2. The standard InChI is InChI=1S/C20H20F3NO2S2/c1-12-8-14(9-13(2)18(12)26-19(27)24(3)4)17(25)11-28-16-7-5-6-15(10-16)20(21,22)23/h5-10H,11H2,1-4H3. The highest BCUT2D eigenvalue weighted by Crippen LogP contribution is 2.32. The monoisotopic (exact) mass is 427 g/mol. The van der Waals surface area contributed by atoms with Gasteiger partial charge in [-0.1, -0.05) is 6.07 Å². The van der Waals surface area contributed by atoms with Crippen molar-refractivity contribution < 1.29 is 22.7 Å². The molecule has 0 heterocycles. The van der Waals surface area contributed by atoms with Crippen LogP contribution in [0, 0.1) is 13.8 Å². The first-order chi connectivity index (χ1) is 13.0. The molecule has 2 aromatic carbocycles. The Morgan fingerprint density at radius 3 is 2.29 bits per heavy atom. The molecular weight excluding hydrogens is 407 g/mol. The van der Waals surface area contributed by atoms with Crippen molar-refractivity contribution in [3.05, 3.63) is 58.7 Å². The summed E-state index contributed by atoms with van der Waals surface area (Å²) in [6.07, 6.45) is -4.40. The second-order valence-corrected chi connectivity index (χ2v) is 7.84. The molecule has 8 heteroatoms. The van der Waals surface area contributed by atoms with Crippen molar-refractivity contribution in [1.29, 1.82) is 0 Å². The van der Waals surface area contributed by atoms with E-state index in [2.05, 4.69) is 0 Å². The summed E-state index contributed by atoms with van der Waals surface area (Å²) in [5.41, 5.74) is 1.28. The summed E-state index contributed by atoms with van der Waals surface area (Å²) >= 11 is 6.23. The van der Waals surface area contributed by atoms with E-state index in [1.54, 1.807) is 37.2 Å². The average molecular weight is 428 g/mol. The Labute approximate surface area is 171 Å². The molecule has 0 aromatic heterocycles. The molecule has 0 aliphatic carbocycles. The number of nitrogens with zero attached hydrogens (tertiary/aromatic N) is 1. The third-order valence-electron chi connectivity index (χ3n) is 3.87. The van der Waals surface area contributed by atoms with E-state index in [9.17, 15) is 18.0 Å². The van der Waals surface area contributed by atoms with Gasteiger partial charge in [0.2, 0.25) is 0 Å². The van der Waals surface area contributed by atoms with Crippen molar-refractivity contribution in [3.63, 3.8) is 0 Å². The number of hydrogen-bond acceptors (Lipinski definition) is 4. The van der Waals surface area contributed by atoms with Gasteiger partial charge < -0.3 is 9.64 Å². The Hall–Kier alpha value is -2.06.